The molecule has 0 saturated carbocycles. The zero-order valence-corrected chi connectivity index (χ0v) is 16.9. The van der Waals surface area contributed by atoms with E-state index in [4.69, 9.17) is 9.47 Å². The van der Waals surface area contributed by atoms with Crippen molar-refractivity contribution in [2.24, 2.45) is 5.92 Å². The van der Waals surface area contributed by atoms with Gasteiger partial charge < -0.3 is 24.6 Å². The predicted octanol–water partition coefficient (Wildman–Crippen LogP) is 1.62. The van der Waals surface area contributed by atoms with Crippen LogP contribution in [0.25, 0.3) is 0 Å². The van der Waals surface area contributed by atoms with Crippen LogP contribution in [0.2, 0.25) is 0 Å². The number of rotatable bonds is 7. The second kappa shape index (κ2) is 9.60. The van der Waals surface area contributed by atoms with Crippen LogP contribution in [0.5, 0.6) is 11.5 Å². The van der Waals surface area contributed by atoms with Crippen LogP contribution in [0.15, 0.2) is 18.2 Å². The lowest BCUT2D eigenvalue weighted by Crippen LogP contribution is -2.54. The van der Waals surface area contributed by atoms with E-state index in [9.17, 15) is 9.59 Å². The zero-order chi connectivity index (χ0) is 20.0. The molecular formula is C20H31N3O4. The van der Waals surface area contributed by atoms with Gasteiger partial charge in [-0.1, -0.05) is 13.8 Å². The molecule has 1 heterocycles. The van der Waals surface area contributed by atoms with Crippen LogP contribution in [0.1, 0.15) is 30.6 Å². The molecule has 1 saturated heterocycles. The maximum atomic E-state index is 13.0. The van der Waals surface area contributed by atoms with Gasteiger partial charge in [0, 0.05) is 31.7 Å². The standard InChI is InChI=1S/C20H31N3O4/c1-14(2)12-16(20(25)23-10-8-22(3)9-11-23)21-19(24)15-6-7-17(26-4)18(13-15)27-5/h6-7,13-14,16H,8-12H2,1-5H3,(H,21,24)/t16-/m0/s1. The number of amides is 2. The van der Waals surface area contributed by atoms with Crippen LogP contribution >= 0.6 is 0 Å². The zero-order valence-electron chi connectivity index (χ0n) is 16.9. The molecule has 0 aliphatic carbocycles. The average molecular weight is 377 g/mol. The number of likely N-dealkylation sites (N-methyl/N-ethyl adjacent to an activating group) is 1. The van der Waals surface area contributed by atoms with Crippen LogP contribution in [0.4, 0.5) is 0 Å². The lowest BCUT2D eigenvalue weighted by Gasteiger charge is -2.35. The normalized spacial score (nSPS) is 16.1. The van der Waals surface area contributed by atoms with Gasteiger partial charge in [-0.25, -0.2) is 0 Å². The van der Waals surface area contributed by atoms with Gasteiger partial charge in [0.05, 0.1) is 14.2 Å². The molecular weight excluding hydrogens is 346 g/mol. The highest BCUT2D eigenvalue weighted by atomic mass is 16.5. The Morgan fingerprint density at radius 3 is 2.26 bits per heavy atom. The molecule has 1 aromatic carbocycles. The number of piperazine rings is 1. The van der Waals surface area contributed by atoms with Crippen molar-refractivity contribution in [1.29, 1.82) is 0 Å². The van der Waals surface area contributed by atoms with E-state index < -0.39 is 6.04 Å². The Balaban J connectivity index is 2.13. The van der Waals surface area contributed by atoms with Gasteiger partial charge >= 0.3 is 0 Å². The summed E-state index contributed by atoms with van der Waals surface area (Å²) in [6.45, 7) is 7.18. The molecule has 2 rings (SSSR count). The molecule has 0 bridgehead atoms. The molecule has 7 nitrogen and oxygen atoms in total. The molecule has 1 N–H and O–H groups in total. The van der Waals surface area contributed by atoms with Gasteiger partial charge in [0.2, 0.25) is 5.91 Å². The molecule has 27 heavy (non-hydrogen) atoms. The fourth-order valence-electron chi connectivity index (χ4n) is 3.16. The summed E-state index contributed by atoms with van der Waals surface area (Å²) >= 11 is 0. The second-order valence-electron chi connectivity index (χ2n) is 7.35. The predicted molar refractivity (Wildman–Crippen MR) is 104 cm³/mol. The molecule has 0 unspecified atom stereocenters. The van der Waals surface area contributed by atoms with E-state index in [1.54, 1.807) is 25.3 Å². The Kier molecular flexibility index (Phi) is 7.47. The lowest BCUT2D eigenvalue weighted by molar-refractivity contribution is -0.135. The summed E-state index contributed by atoms with van der Waals surface area (Å²) in [6.07, 6.45) is 0.601. The first-order chi connectivity index (χ1) is 12.8. The summed E-state index contributed by atoms with van der Waals surface area (Å²) in [5, 5.41) is 2.92. The van der Waals surface area contributed by atoms with Crippen LogP contribution in [0.3, 0.4) is 0 Å². The van der Waals surface area contributed by atoms with Crippen molar-refractivity contribution in [3.63, 3.8) is 0 Å². The van der Waals surface area contributed by atoms with Crippen LogP contribution < -0.4 is 14.8 Å². The lowest BCUT2D eigenvalue weighted by atomic mass is 10.0. The van der Waals surface area contributed by atoms with Gasteiger partial charge in [0.1, 0.15) is 6.04 Å². The highest BCUT2D eigenvalue weighted by Gasteiger charge is 2.29. The minimum absolute atomic E-state index is 0.00868. The van der Waals surface area contributed by atoms with Crippen LogP contribution in [-0.2, 0) is 4.79 Å². The van der Waals surface area contributed by atoms with E-state index in [1.165, 1.54) is 7.11 Å². The van der Waals surface area contributed by atoms with Gasteiger partial charge in [-0.2, -0.15) is 0 Å². The minimum atomic E-state index is -0.533. The number of ether oxygens (including phenoxy) is 2. The van der Waals surface area contributed by atoms with Crippen molar-refractivity contribution in [3.8, 4) is 11.5 Å². The van der Waals surface area contributed by atoms with E-state index in [0.29, 0.717) is 36.6 Å². The molecule has 2 amide bonds. The van der Waals surface area contributed by atoms with Crippen LogP contribution in [-0.4, -0.2) is 75.1 Å². The quantitative estimate of drug-likeness (QED) is 0.782. The van der Waals surface area contributed by atoms with Gasteiger partial charge in [-0.3, -0.25) is 9.59 Å². The van der Waals surface area contributed by atoms with Gasteiger partial charge in [0.15, 0.2) is 11.5 Å². The number of nitrogens with zero attached hydrogens (tertiary/aromatic N) is 2. The number of carbonyl (C=O) groups excluding carboxylic acids is 2. The summed E-state index contributed by atoms with van der Waals surface area (Å²) in [4.78, 5) is 29.8. The summed E-state index contributed by atoms with van der Waals surface area (Å²) in [5.74, 6) is 1.03. The molecule has 150 valence electrons. The summed E-state index contributed by atoms with van der Waals surface area (Å²) in [7, 11) is 5.12. The number of benzene rings is 1. The Morgan fingerprint density at radius 1 is 1.07 bits per heavy atom. The van der Waals surface area contributed by atoms with Gasteiger partial charge in [0.25, 0.3) is 5.91 Å². The number of carbonyl (C=O) groups is 2. The van der Waals surface area contributed by atoms with Crippen molar-refractivity contribution >= 4 is 11.8 Å². The molecule has 0 aromatic heterocycles. The molecule has 1 fully saturated rings. The Hall–Kier alpha value is -2.28. The first-order valence-corrected chi connectivity index (χ1v) is 9.36. The summed E-state index contributed by atoms with van der Waals surface area (Å²) < 4.78 is 10.5. The Bertz CT molecular complexity index is 655. The molecule has 1 aromatic rings. The second-order valence-corrected chi connectivity index (χ2v) is 7.35. The molecule has 1 aliphatic heterocycles. The summed E-state index contributed by atoms with van der Waals surface area (Å²) in [5.41, 5.74) is 0.438. The molecule has 0 spiro atoms. The number of nitrogens with one attached hydrogen (secondary N) is 1. The third-order valence-corrected chi connectivity index (χ3v) is 4.77. The average Bonchev–Trinajstić information content (AvgIpc) is 2.66. The van der Waals surface area contributed by atoms with E-state index in [1.807, 2.05) is 25.8 Å². The fraction of sp³-hybridized carbons (Fsp3) is 0.600. The molecule has 1 aliphatic rings. The molecule has 7 heteroatoms. The number of hydrogen-bond donors (Lipinski definition) is 1. The van der Waals surface area contributed by atoms with Crippen molar-refractivity contribution in [2.75, 3.05) is 47.4 Å². The minimum Gasteiger partial charge on any atom is -0.493 e. The first-order valence-electron chi connectivity index (χ1n) is 9.36. The Labute approximate surface area is 161 Å². The highest BCUT2D eigenvalue weighted by molar-refractivity contribution is 5.98. The fourth-order valence-corrected chi connectivity index (χ4v) is 3.16. The van der Waals surface area contributed by atoms with E-state index >= 15 is 0 Å². The monoisotopic (exact) mass is 377 g/mol. The number of methoxy groups -OCH3 is 2. The third kappa shape index (κ3) is 5.60. The number of hydrogen-bond acceptors (Lipinski definition) is 5. The topological polar surface area (TPSA) is 71.1 Å². The van der Waals surface area contributed by atoms with Crippen molar-refractivity contribution in [3.05, 3.63) is 23.8 Å². The maximum Gasteiger partial charge on any atom is 0.252 e. The smallest absolute Gasteiger partial charge is 0.252 e. The van der Waals surface area contributed by atoms with E-state index in [-0.39, 0.29) is 17.7 Å². The first kappa shape index (κ1) is 21.0. The van der Waals surface area contributed by atoms with Crippen molar-refractivity contribution in [1.82, 2.24) is 15.1 Å². The summed E-state index contributed by atoms with van der Waals surface area (Å²) in [6, 6.07) is 4.45. The Morgan fingerprint density at radius 2 is 1.70 bits per heavy atom. The third-order valence-electron chi connectivity index (χ3n) is 4.77. The van der Waals surface area contributed by atoms with Crippen molar-refractivity contribution in [2.45, 2.75) is 26.3 Å². The van der Waals surface area contributed by atoms with E-state index in [0.717, 1.165) is 13.1 Å². The van der Waals surface area contributed by atoms with E-state index in [2.05, 4.69) is 10.2 Å². The maximum absolute atomic E-state index is 13.0. The van der Waals surface area contributed by atoms with Crippen molar-refractivity contribution < 1.29 is 19.1 Å². The molecule has 1 atom stereocenters. The van der Waals surface area contributed by atoms with Crippen LogP contribution in [0, 0.1) is 5.92 Å². The molecule has 0 radical (unpaired) electrons. The SMILES string of the molecule is COc1ccc(C(=O)N[C@@H](CC(C)C)C(=O)N2CCN(C)CC2)cc1OC. The highest BCUT2D eigenvalue weighted by Crippen LogP contribution is 2.27. The largest absolute Gasteiger partial charge is 0.493 e. The van der Waals surface area contributed by atoms with Gasteiger partial charge in [-0.15, -0.1) is 0 Å². The van der Waals surface area contributed by atoms with Gasteiger partial charge in [-0.05, 0) is 37.6 Å².